The van der Waals surface area contributed by atoms with Crippen LogP contribution >= 0.6 is 0 Å². The first-order chi connectivity index (χ1) is 15.4. The lowest BCUT2D eigenvalue weighted by Gasteiger charge is -2.32. The van der Waals surface area contributed by atoms with Crippen LogP contribution in [0.1, 0.15) is 37.7 Å². The maximum atomic E-state index is 13.8. The molecule has 1 saturated carbocycles. The number of ether oxygens (including phenoxy) is 1. The van der Waals surface area contributed by atoms with Gasteiger partial charge in [-0.05, 0) is 68.8 Å². The zero-order chi connectivity index (χ0) is 22.7. The van der Waals surface area contributed by atoms with Crippen molar-refractivity contribution in [2.24, 2.45) is 5.92 Å². The molecule has 0 radical (unpaired) electrons. The minimum absolute atomic E-state index is 0.0264. The van der Waals surface area contributed by atoms with Crippen LogP contribution in [0.2, 0.25) is 0 Å². The molecule has 6 unspecified atom stereocenters. The van der Waals surface area contributed by atoms with Gasteiger partial charge in [0.15, 0.2) is 0 Å². The maximum Gasteiger partial charge on any atom is 0.240 e. The molecule has 10 heteroatoms. The molecule has 1 aromatic rings. The van der Waals surface area contributed by atoms with Crippen LogP contribution in [0, 0.1) is 5.92 Å². The van der Waals surface area contributed by atoms with Gasteiger partial charge in [-0.25, -0.2) is 17.5 Å². The summed E-state index contributed by atoms with van der Waals surface area (Å²) in [7, 11) is -2.29. The number of methoxy groups -OCH3 is 1. The number of sulfonamides is 1. The standard InChI is InChI=1S/C22H33FN4O4S/c1-31-21-7-4-16(23)11-19(21)27-32(29,30)17-5-2-14(3-6-17)12-25-22(28)20-10-15-13-24-9-8-18(15)26-20/h2-3,5-6,15-16,18-21,24,26-27H,4,7-13H2,1H3,(H,25,28). The number of nitrogens with one attached hydrogen (secondary N) is 4. The molecule has 0 aromatic heterocycles. The molecule has 1 aromatic carbocycles. The molecular weight excluding hydrogens is 435 g/mol. The quantitative estimate of drug-likeness (QED) is 0.472. The van der Waals surface area contributed by atoms with Crippen molar-refractivity contribution in [1.82, 2.24) is 20.7 Å². The summed E-state index contributed by atoms with van der Waals surface area (Å²) >= 11 is 0. The fourth-order valence-electron chi connectivity index (χ4n) is 5.07. The molecule has 1 amide bonds. The highest BCUT2D eigenvalue weighted by Crippen LogP contribution is 2.26. The largest absolute Gasteiger partial charge is 0.380 e. The van der Waals surface area contributed by atoms with E-state index >= 15 is 0 Å². The SMILES string of the molecule is COC1CCC(F)CC1NS(=O)(=O)c1ccc(CNC(=O)C2CC3CNCCC3N2)cc1. The number of hydrogen-bond acceptors (Lipinski definition) is 6. The van der Waals surface area contributed by atoms with Crippen molar-refractivity contribution in [1.29, 1.82) is 0 Å². The van der Waals surface area contributed by atoms with Gasteiger partial charge in [-0.3, -0.25) is 4.79 Å². The predicted molar refractivity (Wildman–Crippen MR) is 118 cm³/mol. The van der Waals surface area contributed by atoms with Gasteiger partial charge in [0, 0.05) is 19.7 Å². The summed E-state index contributed by atoms with van der Waals surface area (Å²) in [6.07, 6.45) is 1.47. The normalized spacial score (nSPS) is 32.9. The number of carbonyl (C=O) groups excluding carboxylic acids is 1. The number of rotatable bonds is 7. The van der Waals surface area contributed by atoms with Gasteiger partial charge >= 0.3 is 0 Å². The van der Waals surface area contributed by atoms with Crippen molar-refractivity contribution in [3.8, 4) is 0 Å². The van der Waals surface area contributed by atoms with Crippen LogP contribution in [0.3, 0.4) is 0 Å². The van der Waals surface area contributed by atoms with Crippen molar-refractivity contribution in [3.05, 3.63) is 29.8 Å². The zero-order valence-corrected chi connectivity index (χ0v) is 19.2. The first-order valence-corrected chi connectivity index (χ1v) is 12.9. The Labute approximate surface area is 189 Å². The smallest absolute Gasteiger partial charge is 0.240 e. The number of halogens is 1. The molecule has 1 aliphatic carbocycles. The summed E-state index contributed by atoms with van der Waals surface area (Å²) in [6, 6.07) is 6.02. The summed E-state index contributed by atoms with van der Waals surface area (Å²) in [5, 5.41) is 9.75. The number of benzene rings is 1. The predicted octanol–water partition coefficient (Wildman–Crippen LogP) is 0.827. The maximum absolute atomic E-state index is 13.8. The highest BCUT2D eigenvalue weighted by molar-refractivity contribution is 7.89. The molecule has 6 atom stereocenters. The second-order valence-corrected chi connectivity index (χ2v) is 10.8. The molecule has 8 nitrogen and oxygen atoms in total. The van der Waals surface area contributed by atoms with Crippen molar-refractivity contribution in [2.75, 3.05) is 20.2 Å². The van der Waals surface area contributed by atoms with E-state index in [4.69, 9.17) is 4.74 Å². The molecule has 0 spiro atoms. The molecule has 2 saturated heterocycles. The summed E-state index contributed by atoms with van der Waals surface area (Å²) in [6.45, 7) is 2.26. The van der Waals surface area contributed by atoms with Crippen LogP contribution in [0.5, 0.6) is 0 Å². The Morgan fingerprint density at radius 1 is 1.19 bits per heavy atom. The average Bonchev–Trinajstić information content (AvgIpc) is 3.22. The van der Waals surface area contributed by atoms with Crippen molar-refractivity contribution >= 4 is 15.9 Å². The van der Waals surface area contributed by atoms with Gasteiger partial charge in [0.1, 0.15) is 6.17 Å². The molecule has 178 valence electrons. The van der Waals surface area contributed by atoms with Crippen LogP contribution in [0.15, 0.2) is 29.2 Å². The van der Waals surface area contributed by atoms with E-state index in [9.17, 15) is 17.6 Å². The highest BCUT2D eigenvalue weighted by Gasteiger charge is 2.38. The monoisotopic (exact) mass is 468 g/mol. The van der Waals surface area contributed by atoms with Crippen LogP contribution in [-0.4, -0.2) is 64.9 Å². The van der Waals surface area contributed by atoms with Crippen LogP contribution < -0.4 is 20.7 Å². The number of hydrogen-bond donors (Lipinski definition) is 4. The van der Waals surface area contributed by atoms with Gasteiger partial charge in [-0.15, -0.1) is 0 Å². The molecule has 4 N–H and O–H groups in total. The lowest BCUT2D eigenvalue weighted by molar-refractivity contribution is -0.123. The molecule has 3 fully saturated rings. The third-order valence-corrected chi connectivity index (χ3v) is 8.42. The van der Waals surface area contributed by atoms with Gasteiger partial charge in [-0.1, -0.05) is 12.1 Å². The van der Waals surface area contributed by atoms with Gasteiger partial charge in [0.05, 0.1) is 23.1 Å². The Morgan fingerprint density at radius 3 is 2.69 bits per heavy atom. The van der Waals surface area contributed by atoms with E-state index in [1.807, 2.05) is 0 Å². The molecule has 4 rings (SSSR count). The van der Waals surface area contributed by atoms with Crippen molar-refractivity contribution in [2.45, 2.75) is 73.9 Å². The molecule has 3 aliphatic rings. The number of carbonyl (C=O) groups is 1. The van der Waals surface area contributed by atoms with E-state index in [0.29, 0.717) is 31.3 Å². The summed E-state index contributed by atoms with van der Waals surface area (Å²) in [4.78, 5) is 12.7. The van der Waals surface area contributed by atoms with Crippen molar-refractivity contribution in [3.63, 3.8) is 0 Å². The molecule has 32 heavy (non-hydrogen) atoms. The Balaban J connectivity index is 1.31. The van der Waals surface area contributed by atoms with Gasteiger partial charge < -0.3 is 20.7 Å². The summed E-state index contributed by atoms with van der Waals surface area (Å²) in [5.74, 6) is 0.465. The summed E-state index contributed by atoms with van der Waals surface area (Å²) < 4.78 is 47.3. The number of piperidine rings is 1. The lowest BCUT2D eigenvalue weighted by Crippen LogP contribution is -2.48. The molecule has 2 aliphatic heterocycles. The zero-order valence-electron chi connectivity index (χ0n) is 18.3. The Bertz CT molecular complexity index is 884. The van der Waals surface area contributed by atoms with Crippen LogP contribution in [0.4, 0.5) is 4.39 Å². The van der Waals surface area contributed by atoms with E-state index < -0.39 is 22.2 Å². The van der Waals surface area contributed by atoms with E-state index in [0.717, 1.165) is 31.5 Å². The Hall–Kier alpha value is -1.59. The van der Waals surface area contributed by atoms with E-state index in [-0.39, 0.29) is 29.4 Å². The molecule has 0 bridgehead atoms. The third-order valence-electron chi connectivity index (χ3n) is 6.91. The Morgan fingerprint density at radius 2 is 1.97 bits per heavy atom. The number of alkyl halides is 1. The first kappa shape index (κ1) is 23.6. The van der Waals surface area contributed by atoms with E-state index in [1.165, 1.54) is 19.2 Å². The third kappa shape index (κ3) is 5.48. The lowest BCUT2D eigenvalue weighted by atomic mass is 9.92. The fraction of sp³-hybridized carbons (Fsp3) is 0.682. The van der Waals surface area contributed by atoms with Crippen LogP contribution in [-0.2, 0) is 26.1 Å². The Kier molecular flexibility index (Phi) is 7.46. The van der Waals surface area contributed by atoms with Gasteiger partial charge in [0.25, 0.3) is 0 Å². The highest BCUT2D eigenvalue weighted by atomic mass is 32.2. The molecular formula is C22H33FN4O4S. The second-order valence-electron chi connectivity index (χ2n) is 9.09. The summed E-state index contributed by atoms with van der Waals surface area (Å²) in [5.41, 5.74) is 0.811. The average molecular weight is 469 g/mol. The van der Waals surface area contributed by atoms with Crippen molar-refractivity contribution < 1.29 is 22.3 Å². The topological polar surface area (TPSA) is 109 Å². The molecule has 2 heterocycles. The second kappa shape index (κ2) is 10.1. The minimum atomic E-state index is -3.80. The van der Waals surface area contributed by atoms with Gasteiger partial charge in [0.2, 0.25) is 15.9 Å². The first-order valence-electron chi connectivity index (χ1n) is 11.4. The fourth-order valence-corrected chi connectivity index (χ4v) is 6.34. The minimum Gasteiger partial charge on any atom is -0.380 e. The van der Waals surface area contributed by atoms with Crippen LogP contribution in [0.25, 0.3) is 0 Å². The number of amides is 1. The van der Waals surface area contributed by atoms with Gasteiger partial charge in [-0.2, -0.15) is 0 Å². The number of fused-ring (bicyclic) bond motifs is 1. The van der Waals surface area contributed by atoms with E-state index in [1.54, 1.807) is 12.1 Å². The van der Waals surface area contributed by atoms with E-state index in [2.05, 4.69) is 20.7 Å².